The predicted octanol–water partition coefficient (Wildman–Crippen LogP) is 4.27. The number of rotatable bonds is 4. The molecule has 1 heterocycles. The molecule has 6 heteroatoms. The van der Waals surface area contributed by atoms with Gasteiger partial charge < -0.3 is 5.32 Å². The number of hydrogen-bond donors (Lipinski definition) is 1. The lowest BCUT2D eigenvalue weighted by Crippen LogP contribution is -2.10. The SMILES string of the molecule is Cc1cc(C)c(NCc2nccn2C(F)F)c(Br)c1. The minimum atomic E-state index is -2.57. The topological polar surface area (TPSA) is 29.9 Å². The Morgan fingerprint density at radius 3 is 2.74 bits per heavy atom. The van der Waals surface area contributed by atoms with Gasteiger partial charge in [0.15, 0.2) is 0 Å². The summed E-state index contributed by atoms with van der Waals surface area (Å²) in [6.07, 6.45) is 2.65. The fourth-order valence-corrected chi connectivity index (χ4v) is 2.78. The van der Waals surface area contributed by atoms with E-state index in [9.17, 15) is 8.78 Å². The number of alkyl halides is 2. The number of imidazole rings is 1. The molecule has 0 radical (unpaired) electrons. The summed E-state index contributed by atoms with van der Waals surface area (Å²) in [5, 5.41) is 3.14. The van der Waals surface area contributed by atoms with Crippen LogP contribution in [0.5, 0.6) is 0 Å². The van der Waals surface area contributed by atoms with Crippen LogP contribution >= 0.6 is 15.9 Å². The number of benzene rings is 1. The molecule has 19 heavy (non-hydrogen) atoms. The molecule has 0 atom stereocenters. The maximum absolute atomic E-state index is 12.7. The lowest BCUT2D eigenvalue weighted by atomic mass is 10.1. The van der Waals surface area contributed by atoms with Crippen molar-refractivity contribution in [2.75, 3.05) is 5.32 Å². The fourth-order valence-electron chi connectivity index (χ4n) is 1.97. The van der Waals surface area contributed by atoms with Gasteiger partial charge in [0.1, 0.15) is 5.82 Å². The molecule has 0 unspecified atom stereocenters. The number of aryl methyl sites for hydroxylation is 2. The van der Waals surface area contributed by atoms with Gasteiger partial charge in [0, 0.05) is 16.9 Å². The Hall–Kier alpha value is -1.43. The first-order chi connectivity index (χ1) is 8.99. The fraction of sp³-hybridized carbons (Fsp3) is 0.308. The molecular formula is C13H14BrF2N3. The number of nitrogens with zero attached hydrogens (tertiary/aromatic N) is 2. The molecule has 2 aromatic rings. The van der Waals surface area contributed by atoms with E-state index >= 15 is 0 Å². The van der Waals surface area contributed by atoms with Crippen LogP contribution in [-0.4, -0.2) is 9.55 Å². The summed E-state index contributed by atoms with van der Waals surface area (Å²) in [5.74, 6) is 0.307. The standard InChI is InChI=1S/C13H14BrF2N3/c1-8-5-9(2)12(10(14)6-8)18-7-11-17-3-4-19(11)13(15)16/h3-6,13,18H,7H2,1-2H3. The molecule has 0 amide bonds. The molecule has 1 aromatic heterocycles. The van der Waals surface area contributed by atoms with Gasteiger partial charge in [-0.15, -0.1) is 0 Å². The van der Waals surface area contributed by atoms with Crippen LogP contribution in [-0.2, 0) is 6.54 Å². The molecule has 0 aliphatic heterocycles. The zero-order valence-electron chi connectivity index (χ0n) is 10.6. The number of aromatic nitrogens is 2. The predicted molar refractivity (Wildman–Crippen MR) is 74.4 cm³/mol. The third-order valence-corrected chi connectivity index (χ3v) is 3.44. The van der Waals surface area contributed by atoms with E-state index in [2.05, 4.69) is 26.2 Å². The Kier molecular flexibility index (Phi) is 4.19. The Morgan fingerprint density at radius 2 is 2.11 bits per heavy atom. The zero-order valence-corrected chi connectivity index (χ0v) is 12.2. The molecule has 1 aromatic carbocycles. The first kappa shape index (κ1) is 14.0. The van der Waals surface area contributed by atoms with Gasteiger partial charge >= 0.3 is 6.55 Å². The minimum Gasteiger partial charge on any atom is -0.377 e. The Morgan fingerprint density at radius 1 is 1.37 bits per heavy atom. The normalized spacial score (nSPS) is 11.1. The second kappa shape index (κ2) is 5.69. The largest absolute Gasteiger partial charge is 0.377 e. The molecule has 102 valence electrons. The summed E-state index contributed by atoms with van der Waals surface area (Å²) in [4.78, 5) is 3.93. The van der Waals surface area contributed by atoms with Gasteiger partial charge in [-0.2, -0.15) is 8.78 Å². The lowest BCUT2D eigenvalue weighted by Gasteiger charge is -2.13. The highest BCUT2D eigenvalue weighted by molar-refractivity contribution is 9.10. The van der Waals surface area contributed by atoms with E-state index in [1.165, 1.54) is 12.4 Å². The third-order valence-electron chi connectivity index (χ3n) is 2.81. The van der Waals surface area contributed by atoms with Crippen molar-refractivity contribution in [1.82, 2.24) is 9.55 Å². The van der Waals surface area contributed by atoms with Gasteiger partial charge in [-0.3, -0.25) is 4.57 Å². The average molecular weight is 330 g/mol. The van der Waals surface area contributed by atoms with Gasteiger partial charge in [-0.05, 0) is 47.0 Å². The number of hydrogen-bond acceptors (Lipinski definition) is 2. The van der Waals surface area contributed by atoms with Crippen molar-refractivity contribution in [2.45, 2.75) is 26.9 Å². The third kappa shape index (κ3) is 3.12. The minimum absolute atomic E-state index is 0.250. The summed E-state index contributed by atoms with van der Waals surface area (Å²) >= 11 is 3.47. The van der Waals surface area contributed by atoms with E-state index in [1.54, 1.807) is 0 Å². The summed E-state index contributed by atoms with van der Waals surface area (Å²) in [6, 6.07) is 4.02. The Bertz CT molecular complexity index is 558. The van der Waals surface area contributed by atoms with E-state index in [1.807, 2.05) is 26.0 Å². The summed E-state index contributed by atoms with van der Waals surface area (Å²) in [5.41, 5.74) is 3.10. The highest BCUT2D eigenvalue weighted by Crippen LogP contribution is 2.28. The molecule has 0 aliphatic rings. The molecule has 2 rings (SSSR count). The van der Waals surface area contributed by atoms with Crippen LogP contribution < -0.4 is 5.32 Å². The van der Waals surface area contributed by atoms with E-state index in [4.69, 9.17) is 0 Å². The van der Waals surface area contributed by atoms with Gasteiger partial charge in [-0.25, -0.2) is 4.98 Å². The van der Waals surface area contributed by atoms with Crippen molar-refractivity contribution in [3.8, 4) is 0 Å². The van der Waals surface area contributed by atoms with Gasteiger partial charge in [-0.1, -0.05) is 6.07 Å². The van der Waals surface area contributed by atoms with Gasteiger partial charge in [0.25, 0.3) is 0 Å². The van der Waals surface area contributed by atoms with Crippen LogP contribution in [0.15, 0.2) is 29.0 Å². The lowest BCUT2D eigenvalue weighted by molar-refractivity contribution is 0.0673. The molecule has 3 nitrogen and oxygen atoms in total. The first-order valence-corrected chi connectivity index (χ1v) is 6.59. The molecule has 0 saturated carbocycles. The Labute approximate surface area is 118 Å². The maximum Gasteiger partial charge on any atom is 0.319 e. The van der Waals surface area contributed by atoms with Gasteiger partial charge in [0.05, 0.1) is 12.2 Å². The molecule has 0 fully saturated rings. The highest BCUT2D eigenvalue weighted by Gasteiger charge is 2.12. The zero-order chi connectivity index (χ0) is 14.0. The van der Waals surface area contributed by atoms with Crippen molar-refractivity contribution in [2.24, 2.45) is 0 Å². The van der Waals surface area contributed by atoms with E-state index in [0.29, 0.717) is 5.82 Å². The molecule has 0 bridgehead atoms. The van der Waals surface area contributed by atoms with Crippen LogP contribution in [0.25, 0.3) is 0 Å². The summed E-state index contributed by atoms with van der Waals surface area (Å²) < 4.78 is 27.1. The quantitative estimate of drug-likeness (QED) is 0.907. The molecule has 0 saturated heterocycles. The van der Waals surface area contributed by atoms with Crippen LogP contribution in [0.1, 0.15) is 23.5 Å². The molecule has 1 N–H and O–H groups in total. The van der Waals surface area contributed by atoms with Crippen molar-refractivity contribution in [3.63, 3.8) is 0 Å². The van der Waals surface area contributed by atoms with E-state index in [-0.39, 0.29) is 6.54 Å². The Balaban J connectivity index is 2.17. The van der Waals surface area contributed by atoms with Crippen LogP contribution in [0, 0.1) is 13.8 Å². The molecule has 0 spiro atoms. The maximum atomic E-state index is 12.7. The highest BCUT2D eigenvalue weighted by atomic mass is 79.9. The second-order valence-corrected chi connectivity index (χ2v) is 5.17. The molecule has 0 aliphatic carbocycles. The summed E-state index contributed by atoms with van der Waals surface area (Å²) in [6.45, 7) is 1.66. The first-order valence-electron chi connectivity index (χ1n) is 5.79. The smallest absolute Gasteiger partial charge is 0.319 e. The number of halogens is 3. The van der Waals surface area contributed by atoms with Crippen molar-refractivity contribution in [1.29, 1.82) is 0 Å². The molecular weight excluding hydrogens is 316 g/mol. The van der Waals surface area contributed by atoms with Crippen LogP contribution in [0.2, 0.25) is 0 Å². The van der Waals surface area contributed by atoms with Crippen LogP contribution in [0.3, 0.4) is 0 Å². The van der Waals surface area contributed by atoms with E-state index in [0.717, 1.165) is 25.9 Å². The monoisotopic (exact) mass is 329 g/mol. The number of anilines is 1. The average Bonchev–Trinajstić information content (AvgIpc) is 2.75. The van der Waals surface area contributed by atoms with Crippen molar-refractivity contribution < 1.29 is 8.78 Å². The van der Waals surface area contributed by atoms with Crippen molar-refractivity contribution >= 4 is 21.6 Å². The van der Waals surface area contributed by atoms with Gasteiger partial charge in [0.2, 0.25) is 0 Å². The number of nitrogens with one attached hydrogen (secondary N) is 1. The van der Waals surface area contributed by atoms with Crippen LogP contribution in [0.4, 0.5) is 14.5 Å². The summed E-state index contributed by atoms with van der Waals surface area (Å²) in [7, 11) is 0. The van der Waals surface area contributed by atoms with Crippen molar-refractivity contribution in [3.05, 3.63) is 46.0 Å². The second-order valence-electron chi connectivity index (χ2n) is 4.32. The van der Waals surface area contributed by atoms with E-state index < -0.39 is 6.55 Å².